The quantitative estimate of drug-likeness (QED) is 0.733. The van der Waals surface area contributed by atoms with Crippen LogP contribution >= 0.6 is 34.7 Å². The summed E-state index contributed by atoms with van der Waals surface area (Å²) in [5.41, 5.74) is 6.85. The Morgan fingerprint density at radius 2 is 2.13 bits per heavy atom. The van der Waals surface area contributed by atoms with Gasteiger partial charge in [0.25, 0.3) is 0 Å². The lowest BCUT2D eigenvalue weighted by molar-refractivity contribution is -0.116. The third-order valence-corrected chi connectivity index (χ3v) is 5.75. The van der Waals surface area contributed by atoms with E-state index < -0.39 is 0 Å². The first-order valence-electron chi connectivity index (χ1n) is 6.87. The number of nitrogens with two attached hydrogens (primary N) is 1. The first-order chi connectivity index (χ1) is 11.0. The number of aromatic nitrogens is 1. The minimum absolute atomic E-state index is 0.120. The first kappa shape index (κ1) is 17.8. The van der Waals surface area contributed by atoms with E-state index in [1.807, 2.05) is 25.1 Å². The zero-order chi connectivity index (χ0) is 16.8. The van der Waals surface area contributed by atoms with Crippen molar-refractivity contribution in [3.8, 4) is 0 Å². The monoisotopic (exact) mass is 369 g/mol. The molecule has 0 unspecified atom stereocenters. The van der Waals surface area contributed by atoms with E-state index >= 15 is 0 Å². The number of carbonyl (C=O) groups is 2. The highest BCUT2D eigenvalue weighted by Gasteiger charge is 2.12. The van der Waals surface area contributed by atoms with E-state index in [1.165, 1.54) is 23.1 Å². The van der Waals surface area contributed by atoms with Crippen molar-refractivity contribution in [1.82, 2.24) is 4.98 Å². The molecule has 2 rings (SSSR count). The van der Waals surface area contributed by atoms with Gasteiger partial charge in [0.15, 0.2) is 5.13 Å². The highest BCUT2D eigenvalue weighted by Crippen LogP contribution is 2.31. The molecule has 0 atom stereocenters. The molecular weight excluding hydrogens is 354 g/mol. The number of nitrogens with zero attached hydrogens (tertiary/aromatic N) is 1. The molecule has 0 saturated heterocycles. The number of benzene rings is 1. The van der Waals surface area contributed by atoms with Crippen molar-refractivity contribution in [2.75, 3.05) is 11.1 Å². The van der Waals surface area contributed by atoms with Crippen LogP contribution in [0.4, 0.5) is 5.13 Å². The second kappa shape index (κ2) is 8.33. The van der Waals surface area contributed by atoms with Crippen LogP contribution in [-0.4, -0.2) is 22.6 Å². The Morgan fingerprint density at radius 1 is 1.39 bits per heavy atom. The second-order valence-corrected chi connectivity index (χ2v) is 7.44. The molecule has 0 spiro atoms. The summed E-state index contributed by atoms with van der Waals surface area (Å²) in [7, 11) is 0. The van der Waals surface area contributed by atoms with Gasteiger partial charge in [-0.3, -0.25) is 9.59 Å². The number of nitrogens with one attached hydrogen (secondary N) is 1. The van der Waals surface area contributed by atoms with Crippen molar-refractivity contribution in [3.05, 3.63) is 40.5 Å². The van der Waals surface area contributed by atoms with E-state index in [0.717, 1.165) is 15.5 Å². The van der Waals surface area contributed by atoms with Crippen LogP contribution in [0.25, 0.3) is 0 Å². The van der Waals surface area contributed by atoms with Gasteiger partial charge in [0.1, 0.15) is 0 Å². The van der Waals surface area contributed by atoms with Gasteiger partial charge in [-0.15, -0.1) is 11.8 Å². The van der Waals surface area contributed by atoms with E-state index in [9.17, 15) is 9.59 Å². The fourth-order valence-electron chi connectivity index (χ4n) is 1.84. The summed E-state index contributed by atoms with van der Waals surface area (Å²) >= 11 is 8.74. The maximum atomic E-state index is 12.0. The summed E-state index contributed by atoms with van der Waals surface area (Å²) in [6.07, 6.45) is 0.894. The van der Waals surface area contributed by atoms with Gasteiger partial charge >= 0.3 is 0 Å². The van der Waals surface area contributed by atoms with Gasteiger partial charge in [-0.05, 0) is 25.0 Å². The van der Waals surface area contributed by atoms with Gasteiger partial charge in [-0.2, -0.15) is 0 Å². The van der Waals surface area contributed by atoms with Crippen LogP contribution in [0.2, 0.25) is 5.02 Å². The third kappa shape index (κ3) is 5.53. The Morgan fingerprint density at radius 3 is 2.83 bits per heavy atom. The Labute approximate surface area is 147 Å². The number of thiazole rings is 1. The third-order valence-electron chi connectivity index (χ3n) is 2.93. The number of anilines is 1. The highest BCUT2D eigenvalue weighted by atomic mass is 35.5. The summed E-state index contributed by atoms with van der Waals surface area (Å²) in [5.74, 6) is -0.304. The summed E-state index contributed by atoms with van der Waals surface area (Å²) < 4.78 is 0.880. The SMILES string of the molecule is Cc1nc(NC(=O)CCc2ccccc2Cl)sc1SCC(N)=O. The molecule has 0 saturated carbocycles. The smallest absolute Gasteiger partial charge is 0.227 e. The van der Waals surface area contributed by atoms with E-state index in [2.05, 4.69) is 10.3 Å². The molecule has 1 aromatic heterocycles. The van der Waals surface area contributed by atoms with Crippen molar-refractivity contribution >= 4 is 51.6 Å². The lowest BCUT2D eigenvalue weighted by Crippen LogP contribution is -2.12. The Balaban J connectivity index is 1.89. The number of halogens is 1. The van der Waals surface area contributed by atoms with Crippen LogP contribution in [-0.2, 0) is 16.0 Å². The number of hydrogen-bond acceptors (Lipinski definition) is 5. The van der Waals surface area contributed by atoms with Crippen molar-refractivity contribution in [1.29, 1.82) is 0 Å². The molecule has 2 amide bonds. The molecule has 8 heteroatoms. The molecule has 3 N–H and O–H groups in total. The second-order valence-electron chi connectivity index (χ2n) is 4.79. The molecule has 1 heterocycles. The summed E-state index contributed by atoms with van der Waals surface area (Å²) in [6, 6.07) is 7.46. The van der Waals surface area contributed by atoms with E-state index in [1.54, 1.807) is 6.07 Å². The lowest BCUT2D eigenvalue weighted by Gasteiger charge is -2.04. The number of hydrogen-bond donors (Lipinski definition) is 2. The number of aryl methyl sites for hydroxylation is 2. The molecule has 1 aromatic carbocycles. The average Bonchev–Trinajstić information content (AvgIpc) is 2.84. The zero-order valence-electron chi connectivity index (χ0n) is 12.5. The number of carbonyl (C=O) groups excluding carboxylic acids is 2. The highest BCUT2D eigenvalue weighted by molar-refractivity contribution is 8.01. The van der Waals surface area contributed by atoms with Crippen LogP contribution in [0.5, 0.6) is 0 Å². The van der Waals surface area contributed by atoms with Crippen LogP contribution in [0.15, 0.2) is 28.5 Å². The van der Waals surface area contributed by atoms with Crippen LogP contribution in [0.3, 0.4) is 0 Å². The predicted molar refractivity (Wildman–Crippen MR) is 95.2 cm³/mol. The van der Waals surface area contributed by atoms with Crippen LogP contribution < -0.4 is 11.1 Å². The molecule has 0 aliphatic rings. The number of amides is 2. The summed E-state index contributed by atoms with van der Waals surface area (Å²) in [6.45, 7) is 1.83. The predicted octanol–water partition coefficient (Wildman–Crippen LogP) is 3.25. The van der Waals surface area contributed by atoms with Crippen molar-refractivity contribution in [3.63, 3.8) is 0 Å². The van der Waals surface area contributed by atoms with Gasteiger partial charge in [-0.25, -0.2) is 4.98 Å². The average molecular weight is 370 g/mol. The molecule has 0 aliphatic carbocycles. The molecule has 5 nitrogen and oxygen atoms in total. The van der Waals surface area contributed by atoms with E-state index in [-0.39, 0.29) is 17.6 Å². The van der Waals surface area contributed by atoms with Gasteiger partial charge in [0.2, 0.25) is 11.8 Å². The van der Waals surface area contributed by atoms with Crippen LogP contribution in [0.1, 0.15) is 17.7 Å². The lowest BCUT2D eigenvalue weighted by atomic mass is 10.1. The minimum atomic E-state index is -0.381. The van der Waals surface area contributed by atoms with Crippen molar-refractivity contribution in [2.45, 2.75) is 24.0 Å². The van der Waals surface area contributed by atoms with Crippen LogP contribution in [0, 0.1) is 6.92 Å². The van der Waals surface area contributed by atoms with Crippen molar-refractivity contribution < 1.29 is 9.59 Å². The Kier molecular flexibility index (Phi) is 6.44. The summed E-state index contributed by atoms with van der Waals surface area (Å²) in [4.78, 5) is 27.1. The largest absolute Gasteiger partial charge is 0.369 e. The van der Waals surface area contributed by atoms with Gasteiger partial charge in [-0.1, -0.05) is 41.1 Å². The number of thioether (sulfide) groups is 1. The van der Waals surface area contributed by atoms with Gasteiger partial charge in [0, 0.05) is 11.4 Å². The number of primary amides is 1. The summed E-state index contributed by atoms with van der Waals surface area (Å²) in [5, 5.41) is 3.97. The van der Waals surface area contributed by atoms with Crippen molar-refractivity contribution in [2.24, 2.45) is 5.73 Å². The molecule has 0 radical (unpaired) electrons. The maximum absolute atomic E-state index is 12.0. The normalized spacial score (nSPS) is 10.5. The topological polar surface area (TPSA) is 85.1 Å². The molecule has 23 heavy (non-hydrogen) atoms. The van der Waals surface area contributed by atoms with E-state index in [0.29, 0.717) is 23.0 Å². The fourth-order valence-corrected chi connectivity index (χ4v) is 3.96. The van der Waals surface area contributed by atoms with E-state index in [4.69, 9.17) is 17.3 Å². The first-order valence-corrected chi connectivity index (χ1v) is 9.05. The number of rotatable bonds is 7. The molecule has 0 fully saturated rings. The molecular formula is C15H16ClN3O2S2. The fraction of sp³-hybridized carbons (Fsp3) is 0.267. The standard InChI is InChI=1S/C15H16ClN3O2S2/c1-9-14(22-8-12(17)20)23-15(18-9)19-13(21)7-6-10-4-2-3-5-11(10)16/h2-5H,6-8H2,1H3,(H2,17,20)(H,18,19,21). The molecule has 122 valence electrons. The Bertz CT molecular complexity index is 718. The molecule has 0 aliphatic heterocycles. The minimum Gasteiger partial charge on any atom is -0.369 e. The van der Waals surface area contributed by atoms with Gasteiger partial charge < -0.3 is 11.1 Å². The van der Waals surface area contributed by atoms with Gasteiger partial charge in [0.05, 0.1) is 15.7 Å². The Hall–Kier alpha value is -1.57. The maximum Gasteiger partial charge on any atom is 0.227 e. The molecule has 0 bridgehead atoms. The zero-order valence-corrected chi connectivity index (χ0v) is 14.9. The molecule has 2 aromatic rings.